The topological polar surface area (TPSA) is 80.3 Å². The summed E-state index contributed by atoms with van der Waals surface area (Å²) in [5.74, 6) is 6.80. The molecule has 0 fully saturated rings. The number of aromatic nitrogens is 5. The molecule has 1 N–H and O–H groups in total. The number of rotatable bonds is 6. The minimum atomic E-state index is -0.655. The zero-order valence-corrected chi connectivity index (χ0v) is 21.3. The third-order valence-electron chi connectivity index (χ3n) is 5.99. The van der Waals surface area contributed by atoms with Gasteiger partial charge in [0.1, 0.15) is 18.2 Å². The Kier molecular flexibility index (Phi) is 6.98. The maximum absolute atomic E-state index is 13.7. The molecule has 0 atom stereocenters. The smallest absolute Gasteiger partial charge is 0.255 e. The van der Waals surface area contributed by atoms with Gasteiger partial charge in [-0.15, -0.1) is 0 Å². The van der Waals surface area contributed by atoms with Gasteiger partial charge in [0.2, 0.25) is 0 Å². The number of benzene rings is 2. The molecular formula is C29H26FN7O. The Hall–Kier alpha value is -4.81. The van der Waals surface area contributed by atoms with E-state index in [1.54, 1.807) is 55.2 Å². The highest BCUT2D eigenvalue weighted by Crippen LogP contribution is 2.22. The van der Waals surface area contributed by atoms with Gasteiger partial charge in [-0.1, -0.05) is 12.0 Å². The van der Waals surface area contributed by atoms with Crippen molar-refractivity contribution in [2.75, 3.05) is 19.4 Å². The monoisotopic (exact) mass is 507 g/mol. The summed E-state index contributed by atoms with van der Waals surface area (Å²) in [6.45, 7) is 1.91. The third-order valence-corrected chi connectivity index (χ3v) is 5.99. The number of nitrogens with zero attached hydrogens (tertiary/aromatic N) is 6. The highest BCUT2D eigenvalue weighted by Gasteiger charge is 2.12. The first-order valence-electron chi connectivity index (χ1n) is 12.0. The molecule has 0 bridgehead atoms. The number of alkyl halides is 1. The van der Waals surface area contributed by atoms with E-state index in [1.165, 1.54) is 0 Å². The molecule has 5 aromatic rings. The number of hydrogen-bond donors (Lipinski definition) is 1. The number of nitrogens with one attached hydrogen (secondary N) is 1. The zero-order chi connectivity index (χ0) is 26.6. The van der Waals surface area contributed by atoms with Crippen molar-refractivity contribution in [1.82, 2.24) is 28.8 Å². The van der Waals surface area contributed by atoms with Crippen molar-refractivity contribution in [2.45, 2.75) is 20.1 Å². The van der Waals surface area contributed by atoms with Crippen molar-refractivity contribution in [1.29, 1.82) is 0 Å². The Morgan fingerprint density at radius 2 is 1.92 bits per heavy atom. The predicted octanol–water partition coefficient (Wildman–Crippen LogP) is 4.41. The Morgan fingerprint density at radius 3 is 2.74 bits per heavy atom. The van der Waals surface area contributed by atoms with E-state index in [1.807, 2.05) is 53.2 Å². The second-order valence-electron chi connectivity index (χ2n) is 9.15. The molecule has 0 saturated heterocycles. The lowest BCUT2D eigenvalue weighted by atomic mass is 10.0. The summed E-state index contributed by atoms with van der Waals surface area (Å²) in [7, 11) is 3.91. The second-order valence-corrected chi connectivity index (χ2v) is 9.15. The molecule has 0 spiro atoms. The minimum absolute atomic E-state index is 0.310. The van der Waals surface area contributed by atoms with Crippen LogP contribution in [0, 0.1) is 18.8 Å². The molecular weight excluding hydrogens is 481 g/mol. The Labute approximate surface area is 219 Å². The Bertz CT molecular complexity index is 1690. The molecule has 1 amide bonds. The number of amides is 1. The first-order valence-corrected chi connectivity index (χ1v) is 12.0. The molecule has 2 aromatic carbocycles. The Balaban J connectivity index is 1.41. The summed E-state index contributed by atoms with van der Waals surface area (Å²) in [4.78, 5) is 28.0. The highest BCUT2D eigenvalue weighted by atomic mass is 19.1. The lowest BCUT2D eigenvalue weighted by Crippen LogP contribution is -2.15. The lowest BCUT2D eigenvalue weighted by molar-refractivity contribution is 0.102. The van der Waals surface area contributed by atoms with Gasteiger partial charge in [-0.05, 0) is 68.4 Å². The van der Waals surface area contributed by atoms with Crippen LogP contribution in [0.15, 0.2) is 73.6 Å². The molecule has 3 heterocycles. The van der Waals surface area contributed by atoms with Gasteiger partial charge < -0.3 is 14.8 Å². The largest absolute Gasteiger partial charge is 0.322 e. The first kappa shape index (κ1) is 24.9. The van der Waals surface area contributed by atoms with Crippen molar-refractivity contribution in [3.05, 3.63) is 107 Å². The number of carbonyl (C=O) groups is 1. The van der Waals surface area contributed by atoms with Crippen LogP contribution in [0.1, 0.15) is 38.6 Å². The molecule has 0 radical (unpaired) electrons. The average molecular weight is 508 g/mol. The van der Waals surface area contributed by atoms with Crippen LogP contribution < -0.4 is 5.32 Å². The molecule has 0 aliphatic heterocycles. The van der Waals surface area contributed by atoms with Gasteiger partial charge in [0.15, 0.2) is 5.65 Å². The molecule has 190 valence electrons. The number of fused-ring (bicyclic) bond motifs is 1. The average Bonchev–Trinajstić information content (AvgIpc) is 3.54. The maximum atomic E-state index is 13.7. The van der Waals surface area contributed by atoms with Crippen LogP contribution >= 0.6 is 0 Å². The van der Waals surface area contributed by atoms with Gasteiger partial charge in [0, 0.05) is 47.3 Å². The molecule has 0 unspecified atom stereocenters. The summed E-state index contributed by atoms with van der Waals surface area (Å²) >= 11 is 0. The predicted molar refractivity (Wildman–Crippen MR) is 144 cm³/mol. The van der Waals surface area contributed by atoms with Gasteiger partial charge in [0.25, 0.3) is 5.91 Å². The van der Waals surface area contributed by atoms with Gasteiger partial charge >= 0.3 is 0 Å². The van der Waals surface area contributed by atoms with Crippen LogP contribution in [-0.2, 0) is 13.2 Å². The maximum Gasteiger partial charge on any atom is 0.255 e. The van der Waals surface area contributed by atoms with E-state index in [0.29, 0.717) is 29.0 Å². The highest BCUT2D eigenvalue weighted by molar-refractivity contribution is 6.04. The lowest BCUT2D eigenvalue weighted by Gasteiger charge is -2.15. The van der Waals surface area contributed by atoms with Crippen molar-refractivity contribution < 1.29 is 9.18 Å². The molecule has 0 saturated carbocycles. The number of carbonyl (C=O) groups excluding carboxylic acids is 1. The number of imidazole rings is 2. The second kappa shape index (κ2) is 10.7. The van der Waals surface area contributed by atoms with Gasteiger partial charge in [-0.2, -0.15) is 0 Å². The van der Waals surface area contributed by atoms with Crippen LogP contribution in [0.4, 0.5) is 10.1 Å². The summed E-state index contributed by atoms with van der Waals surface area (Å²) in [6, 6.07) is 10.6. The summed E-state index contributed by atoms with van der Waals surface area (Å²) in [6.07, 6.45) is 10.4. The summed E-state index contributed by atoms with van der Waals surface area (Å²) in [5, 5.41) is 2.92. The number of aryl methyl sites for hydroxylation is 1. The van der Waals surface area contributed by atoms with Crippen molar-refractivity contribution >= 4 is 17.2 Å². The standard InChI is InChI=1S/C29H26FN7O/c1-20-4-5-23(14-22(20)6-7-25-17-33-27-18-31-8-10-36(25)27)29(38)34-24-12-21(16-30)13-26(15-24)37-11-9-32-28(37)19-35(2)3/h4-5,8-15,17-18H,16,19H2,1-3H3,(H,34,38). The van der Waals surface area contributed by atoms with Gasteiger partial charge in [-0.25, -0.2) is 14.4 Å². The van der Waals surface area contributed by atoms with Crippen LogP contribution in [0.3, 0.4) is 0 Å². The Morgan fingerprint density at radius 1 is 1.05 bits per heavy atom. The summed E-state index contributed by atoms with van der Waals surface area (Å²) < 4.78 is 17.5. The van der Waals surface area contributed by atoms with E-state index in [4.69, 9.17) is 0 Å². The fourth-order valence-electron chi connectivity index (χ4n) is 4.10. The quantitative estimate of drug-likeness (QED) is 0.345. The number of anilines is 1. The van der Waals surface area contributed by atoms with Crippen LogP contribution in [0.2, 0.25) is 0 Å². The minimum Gasteiger partial charge on any atom is -0.322 e. The molecule has 0 aliphatic rings. The molecule has 38 heavy (non-hydrogen) atoms. The molecule has 9 heteroatoms. The van der Waals surface area contributed by atoms with Crippen molar-refractivity contribution in [2.24, 2.45) is 0 Å². The van der Waals surface area contributed by atoms with Gasteiger partial charge in [0.05, 0.1) is 18.9 Å². The fraction of sp³-hybridized carbons (Fsp3) is 0.172. The molecule has 8 nitrogen and oxygen atoms in total. The van der Waals surface area contributed by atoms with E-state index in [0.717, 1.165) is 28.3 Å². The fourth-order valence-corrected chi connectivity index (χ4v) is 4.10. The summed E-state index contributed by atoms with van der Waals surface area (Å²) in [5.41, 5.74) is 5.24. The zero-order valence-electron chi connectivity index (χ0n) is 21.3. The van der Waals surface area contributed by atoms with Crippen molar-refractivity contribution in [3.8, 4) is 17.5 Å². The third kappa shape index (κ3) is 5.31. The van der Waals surface area contributed by atoms with Crippen LogP contribution in [0.25, 0.3) is 11.3 Å². The van der Waals surface area contributed by atoms with Crippen LogP contribution in [-0.4, -0.2) is 48.8 Å². The number of hydrogen-bond acceptors (Lipinski definition) is 5. The first-order chi connectivity index (χ1) is 18.4. The van der Waals surface area contributed by atoms with E-state index in [9.17, 15) is 9.18 Å². The number of halogens is 1. The molecule has 3 aromatic heterocycles. The SMILES string of the molecule is Cc1ccc(C(=O)Nc2cc(CF)cc(-n3ccnc3CN(C)C)c2)cc1C#Cc1cnc2cnccn12. The molecule has 0 aliphatic carbocycles. The van der Waals surface area contributed by atoms with E-state index in [-0.39, 0.29) is 5.91 Å². The van der Waals surface area contributed by atoms with E-state index in [2.05, 4.69) is 32.1 Å². The van der Waals surface area contributed by atoms with Gasteiger partial charge in [-0.3, -0.25) is 14.2 Å². The van der Waals surface area contributed by atoms with E-state index < -0.39 is 6.67 Å². The van der Waals surface area contributed by atoms with Crippen molar-refractivity contribution in [3.63, 3.8) is 0 Å². The normalized spacial score (nSPS) is 11.0. The van der Waals surface area contributed by atoms with Crippen LogP contribution in [0.5, 0.6) is 0 Å². The molecule has 5 rings (SSSR count). The van der Waals surface area contributed by atoms with E-state index >= 15 is 0 Å².